The second-order valence-corrected chi connectivity index (χ2v) is 8.77. The third-order valence-electron chi connectivity index (χ3n) is 2.31. The average Bonchev–Trinajstić information content (AvgIpc) is 2.28. The Morgan fingerprint density at radius 1 is 1.25 bits per heavy atom. The smallest absolute Gasteiger partial charge is 0.337 e. The van der Waals surface area contributed by atoms with Crippen molar-refractivity contribution in [2.45, 2.75) is 4.90 Å². The Morgan fingerprint density at radius 2 is 1.80 bits per heavy atom. The molecule has 0 atom stereocenters. The molecule has 0 saturated heterocycles. The summed E-state index contributed by atoms with van der Waals surface area (Å²) in [6.45, 7) is 0. The molecule has 1 rings (SSSR count). The highest BCUT2D eigenvalue weighted by molar-refractivity contribution is 7.94. The molecule has 1 N–H and O–H groups in total. The van der Waals surface area contributed by atoms with E-state index in [1.165, 1.54) is 0 Å². The van der Waals surface area contributed by atoms with Gasteiger partial charge in [-0.1, -0.05) is 11.6 Å². The van der Waals surface area contributed by atoms with Gasteiger partial charge in [0.15, 0.2) is 9.84 Å². The quantitative estimate of drug-likeness (QED) is 0.854. The van der Waals surface area contributed by atoms with Crippen molar-refractivity contribution in [1.82, 2.24) is 0 Å². The maximum absolute atomic E-state index is 13.4. The number of halogens is 2. The van der Waals surface area contributed by atoms with Gasteiger partial charge < -0.3 is 5.11 Å². The first-order valence-electron chi connectivity index (χ1n) is 5.07. The molecule has 0 radical (unpaired) electrons. The number of benzene rings is 1. The fraction of sp³-hybridized carbons (Fsp3) is 0.300. The van der Waals surface area contributed by atoms with Crippen molar-refractivity contribution in [3.8, 4) is 0 Å². The van der Waals surface area contributed by atoms with Crippen molar-refractivity contribution in [3.05, 3.63) is 28.5 Å². The second kappa shape index (κ2) is 5.66. The normalized spacial score (nSPS) is 12.3. The van der Waals surface area contributed by atoms with Crippen LogP contribution in [0.3, 0.4) is 0 Å². The van der Waals surface area contributed by atoms with Gasteiger partial charge in [-0.15, -0.1) is 0 Å². The highest BCUT2D eigenvalue weighted by Crippen LogP contribution is 2.25. The summed E-state index contributed by atoms with van der Waals surface area (Å²) >= 11 is 5.41. The summed E-state index contributed by atoms with van der Waals surface area (Å²) in [5.41, 5.74) is -0.704. The Hall–Kier alpha value is -1.19. The van der Waals surface area contributed by atoms with E-state index < -0.39 is 58.4 Å². The molecule has 0 bridgehead atoms. The number of hydrogen-bond donors (Lipinski definition) is 1. The Morgan fingerprint density at radius 3 is 2.25 bits per heavy atom. The van der Waals surface area contributed by atoms with Crippen LogP contribution in [0.15, 0.2) is 17.0 Å². The molecule has 0 fully saturated rings. The topological polar surface area (TPSA) is 106 Å². The zero-order chi connectivity index (χ0) is 15.7. The van der Waals surface area contributed by atoms with E-state index in [1.807, 2.05) is 0 Å². The first-order valence-corrected chi connectivity index (χ1v) is 9.16. The molecule has 0 spiro atoms. The minimum Gasteiger partial charge on any atom is -0.478 e. The maximum Gasteiger partial charge on any atom is 0.337 e. The molecule has 6 nitrogen and oxygen atoms in total. The zero-order valence-electron chi connectivity index (χ0n) is 10.1. The third-order valence-corrected chi connectivity index (χ3v) is 5.60. The molecule has 0 aliphatic rings. The zero-order valence-corrected chi connectivity index (χ0v) is 12.5. The number of rotatable bonds is 5. The van der Waals surface area contributed by atoms with Gasteiger partial charge in [0.25, 0.3) is 0 Å². The van der Waals surface area contributed by atoms with Gasteiger partial charge in [0.2, 0.25) is 0 Å². The van der Waals surface area contributed by atoms with E-state index in [0.29, 0.717) is 12.1 Å². The third kappa shape index (κ3) is 4.15. The number of hydrogen-bond acceptors (Lipinski definition) is 5. The summed E-state index contributed by atoms with van der Waals surface area (Å²) in [5, 5.41) is 8.09. The predicted molar refractivity (Wildman–Crippen MR) is 70.1 cm³/mol. The molecule has 112 valence electrons. The highest BCUT2D eigenvalue weighted by Gasteiger charge is 2.23. The molecular weight excluding hydrogens is 335 g/mol. The summed E-state index contributed by atoms with van der Waals surface area (Å²) in [4.78, 5) is 10.2. The van der Waals surface area contributed by atoms with Gasteiger partial charge in [0, 0.05) is 6.26 Å². The molecule has 1 aromatic carbocycles. The van der Waals surface area contributed by atoms with Crippen LogP contribution >= 0.6 is 11.6 Å². The maximum atomic E-state index is 13.4. The van der Waals surface area contributed by atoms with Gasteiger partial charge in [-0.3, -0.25) is 0 Å². The summed E-state index contributed by atoms with van der Waals surface area (Å²) in [6.07, 6.45) is 0.855. The standard InChI is InChI=1S/C10H10ClFO6S2/c1-19(15,16)2-3-20(17,18)6-4-7(10(13)14)9(11)8(12)5-6/h4-5H,2-3H2,1H3,(H,13,14). The monoisotopic (exact) mass is 344 g/mol. The van der Waals surface area contributed by atoms with E-state index in [0.717, 1.165) is 6.26 Å². The first-order chi connectivity index (χ1) is 8.94. The largest absolute Gasteiger partial charge is 0.478 e. The van der Waals surface area contributed by atoms with Gasteiger partial charge >= 0.3 is 5.97 Å². The molecule has 0 heterocycles. The molecule has 0 aliphatic carbocycles. The van der Waals surface area contributed by atoms with Crippen molar-refractivity contribution in [2.75, 3.05) is 17.8 Å². The number of aromatic carboxylic acids is 1. The fourth-order valence-corrected chi connectivity index (χ4v) is 4.37. The lowest BCUT2D eigenvalue weighted by Gasteiger charge is -2.07. The summed E-state index contributed by atoms with van der Waals surface area (Å²) in [6, 6.07) is 1.26. The van der Waals surface area contributed by atoms with Crippen LogP contribution in [-0.2, 0) is 19.7 Å². The van der Waals surface area contributed by atoms with Gasteiger partial charge in [-0.05, 0) is 12.1 Å². The van der Waals surface area contributed by atoms with Gasteiger partial charge in [-0.25, -0.2) is 26.0 Å². The molecule has 0 aliphatic heterocycles. The van der Waals surface area contributed by atoms with Gasteiger partial charge in [0.05, 0.1) is 27.0 Å². The second-order valence-electron chi connectivity index (χ2n) is 4.02. The van der Waals surface area contributed by atoms with E-state index in [1.54, 1.807) is 0 Å². The SMILES string of the molecule is CS(=O)(=O)CCS(=O)(=O)c1cc(F)c(Cl)c(C(=O)O)c1. The molecule has 0 aromatic heterocycles. The van der Waals surface area contributed by atoms with E-state index in [9.17, 15) is 26.0 Å². The molecule has 10 heteroatoms. The Bertz CT molecular complexity index is 754. The van der Waals surface area contributed by atoms with Crippen LogP contribution in [0.5, 0.6) is 0 Å². The average molecular weight is 345 g/mol. The lowest BCUT2D eigenvalue weighted by molar-refractivity contribution is 0.0696. The number of sulfone groups is 2. The minimum absolute atomic E-state index is 0.562. The molecule has 0 unspecified atom stereocenters. The summed E-state index contributed by atoms with van der Waals surface area (Å²) in [5.74, 6) is -4.22. The van der Waals surface area contributed by atoms with Gasteiger partial charge in [-0.2, -0.15) is 0 Å². The van der Waals surface area contributed by atoms with Crippen LogP contribution in [-0.4, -0.2) is 45.7 Å². The van der Waals surface area contributed by atoms with Crippen LogP contribution in [0.4, 0.5) is 4.39 Å². The van der Waals surface area contributed by atoms with Crippen LogP contribution in [0.25, 0.3) is 0 Å². The van der Waals surface area contributed by atoms with E-state index in [-0.39, 0.29) is 0 Å². The van der Waals surface area contributed by atoms with Crippen LogP contribution in [0.2, 0.25) is 5.02 Å². The lowest BCUT2D eigenvalue weighted by Crippen LogP contribution is -2.17. The minimum atomic E-state index is -4.13. The Balaban J connectivity index is 3.30. The Labute approximate surface area is 120 Å². The summed E-state index contributed by atoms with van der Waals surface area (Å²) in [7, 11) is -7.66. The first kappa shape index (κ1) is 16.9. The molecule has 1 aromatic rings. The highest BCUT2D eigenvalue weighted by atomic mass is 35.5. The lowest BCUT2D eigenvalue weighted by atomic mass is 10.2. The number of carbonyl (C=O) groups is 1. The van der Waals surface area contributed by atoms with Crippen molar-refractivity contribution in [1.29, 1.82) is 0 Å². The van der Waals surface area contributed by atoms with E-state index in [2.05, 4.69) is 0 Å². The molecule has 0 amide bonds. The number of carboxylic acids is 1. The molecular formula is C10H10ClFO6S2. The van der Waals surface area contributed by atoms with Crippen molar-refractivity contribution in [3.63, 3.8) is 0 Å². The van der Waals surface area contributed by atoms with Gasteiger partial charge in [0.1, 0.15) is 15.7 Å². The predicted octanol–water partition coefficient (Wildman–Crippen LogP) is 0.996. The fourth-order valence-electron chi connectivity index (χ4n) is 1.28. The summed E-state index contributed by atoms with van der Waals surface area (Å²) < 4.78 is 59.0. The molecule has 0 saturated carbocycles. The molecule has 20 heavy (non-hydrogen) atoms. The number of carboxylic acid groups (broad SMARTS) is 1. The van der Waals surface area contributed by atoms with Crippen LogP contribution in [0, 0.1) is 5.82 Å². The van der Waals surface area contributed by atoms with Crippen molar-refractivity contribution >= 4 is 37.2 Å². The van der Waals surface area contributed by atoms with Crippen LogP contribution in [0.1, 0.15) is 10.4 Å². The van der Waals surface area contributed by atoms with E-state index >= 15 is 0 Å². The van der Waals surface area contributed by atoms with Crippen LogP contribution < -0.4 is 0 Å². The Kier molecular flexibility index (Phi) is 4.78. The van der Waals surface area contributed by atoms with Crippen molar-refractivity contribution < 1.29 is 31.1 Å². The van der Waals surface area contributed by atoms with Crippen molar-refractivity contribution in [2.24, 2.45) is 0 Å². The van der Waals surface area contributed by atoms with E-state index in [4.69, 9.17) is 16.7 Å².